The first-order valence-electron chi connectivity index (χ1n) is 6.61. The number of fused-ring (bicyclic) bond motifs is 1. The molecule has 106 valence electrons. The molecule has 2 aromatic heterocycles. The molecule has 5 heteroatoms. The SMILES string of the molecule is Cc1cccc(CNC(=O)c2sc3cnccc3c2N)c1. The summed E-state index contributed by atoms with van der Waals surface area (Å²) in [6.07, 6.45) is 3.41. The summed E-state index contributed by atoms with van der Waals surface area (Å²) in [7, 11) is 0. The van der Waals surface area contributed by atoms with E-state index in [4.69, 9.17) is 5.73 Å². The summed E-state index contributed by atoms with van der Waals surface area (Å²) in [6, 6.07) is 9.89. The van der Waals surface area contributed by atoms with Gasteiger partial charge in [0.05, 0.1) is 10.4 Å². The minimum absolute atomic E-state index is 0.143. The van der Waals surface area contributed by atoms with E-state index in [9.17, 15) is 4.79 Å². The minimum Gasteiger partial charge on any atom is -0.397 e. The summed E-state index contributed by atoms with van der Waals surface area (Å²) in [5.41, 5.74) is 8.83. The molecule has 1 aromatic carbocycles. The van der Waals surface area contributed by atoms with E-state index >= 15 is 0 Å². The van der Waals surface area contributed by atoms with Crippen molar-refractivity contribution in [2.45, 2.75) is 13.5 Å². The summed E-state index contributed by atoms with van der Waals surface area (Å²) in [5, 5.41) is 3.80. The number of nitrogens with one attached hydrogen (secondary N) is 1. The van der Waals surface area contributed by atoms with Crippen LogP contribution in [0, 0.1) is 6.92 Å². The maximum Gasteiger partial charge on any atom is 0.263 e. The number of nitrogens with two attached hydrogens (primary N) is 1. The normalized spacial score (nSPS) is 10.7. The zero-order valence-corrected chi connectivity index (χ0v) is 12.4. The lowest BCUT2D eigenvalue weighted by molar-refractivity contribution is 0.0956. The summed E-state index contributed by atoms with van der Waals surface area (Å²) in [6.45, 7) is 2.52. The molecule has 0 aliphatic rings. The molecule has 4 nitrogen and oxygen atoms in total. The molecule has 0 atom stereocenters. The van der Waals surface area contributed by atoms with Gasteiger partial charge >= 0.3 is 0 Å². The summed E-state index contributed by atoms with van der Waals surface area (Å²) < 4.78 is 0.927. The Labute approximate surface area is 126 Å². The monoisotopic (exact) mass is 297 g/mol. The van der Waals surface area contributed by atoms with Crippen LogP contribution in [-0.4, -0.2) is 10.9 Å². The van der Waals surface area contributed by atoms with Crippen molar-refractivity contribution in [3.63, 3.8) is 0 Å². The van der Waals surface area contributed by atoms with E-state index in [2.05, 4.69) is 16.4 Å². The quantitative estimate of drug-likeness (QED) is 0.780. The molecule has 0 aliphatic carbocycles. The van der Waals surface area contributed by atoms with Crippen LogP contribution in [0.15, 0.2) is 42.7 Å². The fraction of sp³-hybridized carbons (Fsp3) is 0.125. The van der Waals surface area contributed by atoms with Crippen molar-refractivity contribution in [1.82, 2.24) is 10.3 Å². The van der Waals surface area contributed by atoms with Crippen molar-refractivity contribution in [2.24, 2.45) is 0 Å². The van der Waals surface area contributed by atoms with E-state index in [1.807, 2.05) is 31.2 Å². The number of carbonyl (C=O) groups is 1. The van der Waals surface area contributed by atoms with Gasteiger partial charge in [0.2, 0.25) is 0 Å². The number of nitrogens with zero attached hydrogens (tertiary/aromatic N) is 1. The Hall–Kier alpha value is -2.40. The van der Waals surface area contributed by atoms with Crippen LogP contribution in [0.1, 0.15) is 20.8 Å². The third-order valence-electron chi connectivity index (χ3n) is 3.27. The number of rotatable bonds is 3. The third kappa shape index (κ3) is 2.73. The zero-order valence-electron chi connectivity index (χ0n) is 11.6. The van der Waals surface area contributed by atoms with Crippen LogP contribution in [0.25, 0.3) is 10.1 Å². The number of aryl methyl sites for hydroxylation is 1. The number of thiophene rings is 1. The Morgan fingerprint density at radius 1 is 1.38 bits per heavy atom. The van der Waals surface area contributed by atoms with Gasteiger partial charge in [0, 0.05) is 24.3 Å². The lowest BCUT2D eigenvalue weighted by Crippen LogP contribution is -2.22. The number of carbonyl (C=O) groups excluding carboxylic acids is 1. The maximum atomic E-state index is 12.3. The van der Waals surface area contributed by atoms with Gasteiger partial charge in [-0.2, -0.15) is 0 Å². The van der Waals surface area contributed by atoms with E-state index in [0.29, 0.717) is 17.1 Å². The van der Waals surface area contributed by atoms with E-state index in [1.54, 1.807) is 12.4 Å². The zero-order chi connectivity index (χ0) is 14.8. The predicted octanol–water partition coefficient (Wildman–Crippen LogP) is 3.12. The van der Waals surface area contributed by atoms with Crippen LogP contribution in [-0.2, 0) is 6.54 Å². The van der Waals surface area contributed by atoms with E-state index in [0.717, 1.165) is 15.6 Å². The first-order valence-corrected chi connectivity index (χ1v) is 7.42. The lowest BCUT2D eigenvalue weighted by Gasteiger charge is -2.05. The molecule has 0 saturated carbocycles. The topological polar surface area (TPSA) is 68.0 Å². The van der Waals surface area contributed by atoms with Crippen LogP contribution in [0.3, 0.4) is 0 Å². The number of aromatic nitrogens is 1. The summed E-state index contributed by atoms with van der Waals surface area (Å²) in [5.74, 6) is -0.143. The second-order valence-electron chi connectivity index (χ2n) is 4.89. The molecule has 3 N–H and O–H groups in total. The molecule has 0 radical (unpaired) electrons. The smallest absolute Gasteiger partial charge is 0.263 e. The van der Waals surface area contributed by atoms with Gasteiger partial charge in [-0.3, -0.25) is 9.78 Å². The molecule has 1 amide bonds. The molecule has 3 rings (SSSR count). The van der Waals surface area contributed by atoms with Gasteiger partial charge in [-0.25, -0.2) is 0 Å². The second-order valence-corrected chi connectivity index (χ2v) is 5.94. The Kier molecular flexibility index (Phi) is 3.58. The molecule has 0 aliphatic heterocycles. The highest BCUT2D eigenvalue weighted by Crippen LogP contribution is 2.32. The fourth-order valence-electron chi connectivity index (χ4n) is 2.22. The Morgan fingerprint density at radius 2 is 2.24 bits per heavy atom. The van der Waals surface area contributed by atoms with Gasteiger partial charge in [0.15, 0.2) is 0 Å². The average molecular weight is 297 g/mol. The Bertz CT molecular complexity index is 810. The highest BCUT2D eigenvalue weighted by molar-refractivity contribution is 7.21. The molecule has 0 unspecified atom stereocenters. The summed E-state index contributed by atoms with van der Waals surface area (Å²) >= 11 is 1.37. The van der Waals surface area contributed by atoms with Crippen molar-refractivity contribution in [3.8, 4) is 0 Å². The number of anilines is 1. The highest BCUT2D eigenvalue weighted by atomic mass is 32.1. The van der Waals surface area contributed by atoms with Crippen molar-refractivity contribution in [1.29, 1.82) is 0 Å². The first-order chi connectivity index (χ1) is 10.1. The molecular formula is C16H15N3OS. The molecule has 0 bridgehead atoms. The number of amides is 1. The number of pyridine rings is 1. The third-order valence-corrected chi connectivity index (χ3v) is 4.43. The van der Waals surface area contributed by atoms with Crippen molar-refractivity contribution in [3.05, 3.63) is 58.7 Å². The number of hydrogen-bond acceptors (Lipinski definition) is 4. The number of hydrogen-bond donors (Lipinski definition) is 2. The van der Waals surface area contributed by atoms with Gasteiger partial charge in [-0.15, -0.1) is 11.3 Å². The van der Waals surface area contributed by atoms with Gasteiger partial charge in [0.25, 0.3) is 5.91 Å². The van der Waals surface area contributed by atoms with Crippen molar-refractivity contribution >= 4 is 33.0 Å². The van der Waals surface area contributed by atoms with Crippen LogP contribution in [0.4, 0.5) is 5.69 Å². The minimum atomic E-state index is -0.143. The molecule has 21 heavy (non-hydrogen) atoms. The van der Waals surface area contributed by atoms with Gasteiger partial charge < -0.3 is 11.1 Å². The molecule has 2 heterocycles. The maximum absolute atomic E-state index is 12.3. The Balaban J connectivity index is 1.79. The fourth-order valence-corrected chi connectivity index (χ4v) is 3.23. The first kappa shape index (κ1) is 13.6. The van der Waals surface area contributed by atoms with Crippen LogP contribution in [0.2, 0.25) is 0 Å². The number of nitrogen functional groups attached to an aromatic ring is 1. The van der Waals surface area contributed by atoms with Gasteiger partial charge in [-0.05, 0) is 18.6 Å². The van der Waals surface area contributed by atoms with E-state index in [-0.39, 0.29) is 5.91 Å². The number of benzene rings is 1. The second kappa shape index (κ2) is 5.54. The molecular weight excluding hydrogens is 282 g/mol. The average Bonchev–Trinajstić information content (AvgIpc) is 2.83. The Morgan fingerprint density at radius 3 is 3.00 bits per heavy atom. The molecule has 0 fully saturated rings. The predicted molar refractivity (Wildman–Crippen MR) is 86.4 cm³/mol. The highest BCUT2D eigenvalue weighted by Gasteiger charge is 2.15. The van der Waals surface area contributed by atoms with Gasteiger partial charge in [0.1, 0.15) is 4.88 Å². The van der Waals surface area contributed by atoms with Gasteiger partial charge in [-0.1, -0.05) is 29.8 Å². The standard InChI is InChI=1S/C16H15N3OS/c1-10-3-2-4-11(7-10)8-19-16(20)15-14(17)12-5-6-18-9-13(12)21-15/h2-7,9H,8,17H2,1H3,(H,19,20). The van der Waals surface area contributed by atoms with Crippen molar-refractivity contribution < 1.29 is 4.79 Å². The summed E-state index contributed by atoms with van der Waals surface area (Å²) in [4.78, 5) is 16.9. The molecule has 0 spiro atoms. The lowest BCUT2D eigenvalue weighted by atomic mass is 10.1. The largest absolute Gasteiger partial charge is 0.397 e. The van der Waals surface area contributed by atoms with Crippen LogP contribution >= 0.6 is 11.3 Å². The van der Waals surface area contributed by atoms with E-state index in [1.165, 1.54) is 16.9 Å². The molecule has 3 aromatic rings. The van der Waals surface area contributed by atoms with Crippen LogP contribution in [0.5, 0.6) is 0 Å². The van der Waals surface area contributed by atoms with E-state index < -0.39 is 0 Å². The van der Waals surface area contributed by atoms with Crippen molar-refractivity contribution in [2.75, 3.05) is 5.73 Å². The van der Waals surface area contributed by atoms with Crippen LogP contribution < -0.4 is 11.1 Å². The molecule has 0 saturated heterocycles.